The molecule has 0 aromatic heterocycles. The average Bonchev–Trinajstić information content (AvgIpc) is 2.13. The van der Waals surface area contributed by atoms with E-state index in [0.717, 1.165) is 0 Å². The van der Waals surface area contributed by atoms with E-state index in [0.29, 0.717) is 11.0 Å². The van der Waals surface area contributed by atoms with Crippen LogP contribution in [0.15, 0.2) is 25.3 Å². The summed E-state index contributed by atoms with van der Waals surface area (Å²) in [4.78, 5) is 11.1. The fourth-order valence-electron chi connectivity index (χ4n) is 1.12. The Balaban J connectivity index is 4.45. The van der Waals surface area contributed by atoms with Crippen molar-refractivity contribution in [1.29, 1.82) is 0 Å². The monoisotopic (exact) mass is 199 g/mol. The Morgan fingerprint density at radius 1 is 1.57 bits per heavy atom. The highest BCUT2D eigenvalue weighted by Gasteiger charge is 2.25. The molecule has 0 heterocycles. The molecule has 0 aliphatic rings. The van der Waals surface area contributed by atoms with Crippen molar-refractivity contribution in [3.8, 4) is 0 Å². The molecule has 0 aliphatic heterocycles. The smallest absolute Gasteiger partial charge is 0.248 e. The number of hydrogen-bond acceptors (Lipinski definition) is 2. The number of rotatable bonds is 6. The molecular weight excluding hydrogens is 180 g/mol. The molecule has 1 atom stereocenters. The summed E-state index contributed by atoms with van der Waals surface area (Å²) in [7, 11) is 3.82. The van der Waals surface area contributed by atoms with Crippen LogP contribution >= 0.6 is 0 Å². The van der Waals surface area contributed by atoms with Gasteiger partial charge in [-0.3, -0.25) is 10.1 Å². The van der Waals surface area contributed by atoms with Crippen LogP contribution in [0.25, 0.3) is 0 Å². The fourth-order valence-corrected chi connectivity index (χ4v) is 1.12. The van der Waals surface area contributed by atoms with Gasteiger partial charge in [-0.05, 0) is 12.2 Å². The van der Waals surface area contributed by atoms with Gasteiger partial charge >= 0.3 is 0 Å². The summed E-state index contributed by atoms with van der Waals surface area (Å²) < 4.78 is 0.458. The van der Waals surface area contributed by atoms with Crippen LogP contribution < -0.4 is 5.32 Å². The van der Waals surface area contributed by atoms with Crippen molar-refractivity contribution in [3.05, 3.63) is 25.3 Å². The molecule has 0 bridgehead atoms. The van der Waals surface area contributed by atoms with Gasteiger partial charge in [0.1, 0.15) is 6.54 Å². The van der Waals surface area contributed by atoms with Crippen molar-refractivity contribution in [1.82, 2.24) is 5.32 Å². The number of aliphatic hydroxyl groups is 1. The van der Waals surface area contributed by atoms with Crippen molar-refractivity contribution >= 4 is 5.91 Å². The van der Waals surface area contributed by atoms with Gasteiger partial charge in [-0.25, -0.2) is 0 Å². The molecule has 0 saturated carbocycles. The second-order valence-electron chi connectivity index (χ2n) is 3.62. The van der Waals surface area contributed by atoms with Crippen molar-refractivity contribution in [3.63, 3.8) is 0 Å². The maximum Gasteiger partial charge on any atom is 0.248 e. The zero-order valence-corrected chi connectivity index (χ0v) is 8.86. The SMILES string of the molecule is C=CC(=O)NC(C=C)[N+](C)(C)CCO. The van der Waals surface area contributed by atoms with E-state index in [2.05, 4.69) is 18.5 Å². The highest BCUT2D eigenvalue weighted by molar-refractivity contribution is 5.87. The Morgan fingerprint density at radius 2 is 2.14 bits per heavy atom. The predicted octanol–water partition coefficient (Wildman–Crippen LogP) is -0.131. The van der Waals surface area contributed by atoms with E-state index in [9.17, 15) is 4.79 Å². The van der Waals surface area contributed by atoms with Crippen LogP contribution in [-0.4, -0.2) is 48.9 Å². The first-order chi connectivity index (χ1) is 6.47. The molecule has 0 saturated heterocycles. The van der Waals surface area contributed by atoms with Gasteiger partial charge in [0, 0.05) is 0 Å². The number of amides is 1. The van der Waals surface area contributed by atoms with Crippen molar-refractivity contribution in [2.75, 3.05) is 27.2 Å². The van der Waals surface area contributed by atoms with Crippen molar-refractivity contribution < 1.29 is 14.4 Å². The summed E-state index contributed by atoms with van der Waals surface area (Å²) in [6.07, 6.45) is 2.65. The molecule has 0 spiro atoms. The van der Waals surface area contributed by atoms with Crippen LogP contribution in [0.1, 0.15) is 0 Å². The third-order valence-electron chi connectivity index (χ3n) is 2.13. The van der Waals surface area contributed by atoms with E-state index in [1.807, 2.05) is 14.1 Å². The third-order valence-corrected chi connectivity index (χ3v) is 2.13. The van der Waals surface area contributed by atoms with Gasteiger partial charge in [-0.1, -0.05) is 13.2 Å². The number of quaternary nitrogens is 1. The number of nitrogens with one attached hydrogen (secondary N) is 1. The molecule has 0 fully saturated rings. The summed E-state index contributed by atoms with van der Waals surface area (Å²) in [5.41, 5.74) is 0. The van der Waals surface area contributed by atoms with Gasteiger partial charge in [-0.2, -0.15) is 0 Å². The lowest BCUT2D eigenvalue weighted by Gasteiger charge is -2.35. The van der Waals surface area contributed by atoms with Crippen LogP contribution in [0.2, 0.25) is 0 Å². The maximum atomic E-state index is 11.1. The highest BCUT2D eigenvalue weighted by Crippen LogP contribution is 2.04. The minimum Gasteiger partial charge on any atom is -0.391 e. The van der Waals surface area contributed by atoms with Crippen LogP contribution in [-0.2, 0) is 4.79 Å². The number of likely N-dealkylation sites (N-methyl/N-ethyl adjacent to an activating group) is 1. The van der Waals surface area contributed by atoms with E-state index in [-0.39, 0.29) is 18.7 Å². The second-order valence-corrected chi connectivity index (χ2v) is 3.62. The number of aliphatic hydroxyl groups excluding tert-OH is 1. The Kier molecular flexibility index (Phi) is 5.12. The summed E-state index contributed by atoms with van der Waals surface area (Å²) in [5.74, 6) is -0.237. The molecule has 0 radical (unpaired) electrons. The summed E-state index contributed by atoms with van der Waals surface area (Å²) in [6, 6.07) is 0. The summed E-state index contributed by atoms with van der Waals surface area (Å²) >= 11 is 0. The van der Waals surface area contributed by atoms with E-state index in [1.165, 1.54) is 6.08 Å². The Morgan fingerprint density at radius 3 is 2.50 bits per heavy atom. The first kappa shape index (κ1) is 12.9. The maximum absolute atomic E-state index is 11.1. The van der Waals surface area contributed by atoms with E-state index < -0.39 is 0 Å². The van der Waals surface area contributed by atoms with E-state index in [4.69, 9.17) is 5.11 Å². The number of carbonyl (C=O) groups is 1. The normalized spacial score (nSPS) is 13.1. The molecule has 4 nitrogen and oxygen atoms in total. The third kappa shape index (κ3) is 3.72. The van der Waals surface area contributed by atoms with Gasteiger partial charge in [0.15, 0.2) is 6.17 Å². The van der Waals surface area contributed by atoms with Crippen LogP contribution in [0, 0.1) is 0 Å². The Labute approximate surface area is 85.1 Å². The molecular formula is C10H19N2O2+. The topological polar surface area (TPSA) is 49.3 Å². The minimum absolute atomic E-state index is 0.0707. The van der Waals surface area contributed by atoms with Gasteiger partial charge < -0.3 is 9.59 Å². The van der Waals surface area contributed by atoms with Crippen LogP contribution in [0.3, 0.4) is 0 Å². The first-order valence-electron chi connectivity index (χ1n) is 4.47. The van der Waals surface area contributed by atoms with E-state index in [1.54, 1.807) is 6.08 Å². The molecule has 0 rings (SSSR count). The molecule has 0 aromatic rings. The molecule has 1 amide bonds. The molecule has 80 valence electrons. The highest BCUT2D eigenvalue weighted by atomic mass is 16.3. The Hall–Kier alpha value is -1.13. The van der Waals surface area contributed by atoms with Crippen molar-refractivity contribution in [2.24, 2.45) is 0 Å². The zero-order chi connectivity index (χ0) is 11.2. The molecule has 2 N–H and O–H groups in total. The molecule has 4 heteroatoms. The lowest BCUT2D eigenvalue weighted by molar-refractivity contribution is -0.910. The Bertz CT molecular complexity index is 224. The zero-order valence-electron chi connectivity index (χ0n) is 8.86. The fraction of sp³-hybridized carbons (Fsp3) is 0.500. The minimum atomic E-state index is -0.237. The standard InChI is InChI=1S/C10H18N2O2/c1-5-9(11-10(14)6-2)12(3,4)7-8-13/h5-6,9,13H,1-2,7-8H2,3-4H3/p+1. The lowest BCUT2D eigenvalue weighted by Crippen LogP contribution is -2.57. The molecule has 14 heavy (non-hydrogen) atoms. The molecule has 0 aromatic carbocycles. The van der Waals surface area contributed by atoms with Gasteiger partial charge in [0.2, 0.25) is 5.91 Å². The predicted molar refractivity (Wildman–Crippen MR) is 56.4 cm³/mol. The van der Waals surface area contributed by atoms with Gasteiger partial charge in [-0.15, -0.1) is 0 Å². The van der Waals surface area contributed by atoms with Gasteiger partial charge in [0.05, 0.1) is 20.7 Å². The van der Waals surface area contributed by atoms with Crippen LogP contribution in [0.5, 0.6) is 0 Å². The summed E-state index contributed by atoms with van der Waals surface area (Å²) in [5, 5.41) is 11.6. The van der Waals surface area contributed by atoms with Gasteiger partial charge in [0.25, 0.3) is 0 Å². The number of carbonyl (C=O) groups excluding carboxylic acids is 1. The average molecular weight is 199 g/mol. The van der Waals surface area contributed by atoms with Crippen LogP contribution in [0.4, 0.5) is 0 Å². The number of hydrogen-bond donors (Lipinski definition) is 2. The summed E-state index contributed by atoms with van der Waals surface area (Å²) in [6.45, 7) is 7.64. The first-order valence-corrected chi connectivity index (χ1v) is 4.47. The lowest BCUT2D eigenvalue weighted by atomic mass is 10.3. The second kappa shape index (κ2) is 5.57. The van der Waals surface area contributed by atoms with E-state index >= 15 is 0 Å². The molecule has 1 unspecified atom stereocenters. The quantitative estimate of drug-likeness (QED) is 0.271. The largest absolute Gasteiger partial charge is 0.391 e. The molecule has 0 aliphatic carbocycles. The number of nitrogens with zero attached hydrogens (tertiary/aromatic N) is 1. The van der Waals surface area contributed by atoms with Crippen molar-refractivity contribution in [2.45, 2.75) is 6.17 Å².